The molecule has 1 saturated carbocycles. The molecule has 0 radical (unpaired) electrons. The Morgan fingerprint density at radius 2 is 1.84 bits per heavy atom. The van der Waals surface area contributed by atoms with Crippen LogP contribution >= 0.6 is 11.3 Å². The monoisotopic (exact) mass is 436 g/mol. The van der Waals surface area contributed by atoms with E-state index < -0.39 is 0 Å². The first-order valence-electron chi connectivity index (χ1n) is 10.8. The standard InChI is InChI=1S/C24H28N4O2S/c1-3-19-20(31-23(28-19)21-25-14-7-15-26-21)22(29)27-16-24(12-5-4-6-13-24)17-8-10-18(30-2)11-9-17/h7-11,14-15H,3-6,12-13,16H2,1-2H3,(H,27,29). The van der Waals surface area contributed by atoms with Crippen LogP contribution in [0.2, 0.25) is 0 Å². The molecule has 2 aromatic heterocycles. The number of aryl methyl sites for hydroxylation is 1. The highest BCUT2D eigenvalue weighted by atomic mass is 32.1. The summed E-state index contributed by atoms with van der Waals surface area (Å²) in [5.74, 6) is 1.35. The molecule has 7 heteroatoms. The minimum atomic E-state index is -0.0602. The summed E-state index contributed by atoms with van der Waals surface area (Å²) in [6.07, 6.45) is 9.83. The van der Waals surface area contributed by atoms with Gasteiger partial charge in [-0.2, -0.15) is 0 Å². The summed E-state index contributed by atoms with van der Waals surface area (Å²) in [4.78, 5) is 27.0. The quantitative estimate of drug-likeness (QED) is 0.575. The van der Waals surface area contributed by atoms with Crippen molar-refractivity contribution in [3.63, 3.8) is 0 Å². The summed E-state index contributed by atoms with van der Waals surface area (Å²) in [6, 6.07) is 10.1. The average molecular weight is 437 g/mol. The molecule has 162 valence electrons. The van der Waals surface area contributed by atoms with Crippen LogP contribution in [0, 0.1) is 0 Å². The fourth-order valence-corrected chi connectivity index (χ4v) is 5.36. The highest BCUT2D eigenvalue weighted by Crippen LogP contribution is 2.39. The van der Waals surface area contributed by atoms with Crippen molar-refractivity contribution in [3.05, 3.63) is 58.9 Å². The predicted octanol–water partition coefficient (Wildman–Crippen LogP) is 4.80. The van der Waals surface area contributed by atoms with E-state index in [1.807, 2.05) is 19.1 Å². The van der Waals surface area contributed by atoms with E-state index in [0.717, 1.165) is 24.3 Å². The number of carbonyl (C=O) groups excluding carboxylic acids is 1. The van der Waals surface area contributed by atoms with Crippen LogP contribution in [0.15, 0.2) is 42.7 Å². The van der Waals surface area contributed by atoms with Crippen LogP contribution in [0.5, 0.6) is 5.75 Å². The van der Waals surface area contributed by atoms with Gasteiger partial charge >= 0.3 is 0 Å². The minimum Gasteiger partial charge on any atom is -0.497 e. The number of hydrogen-bond acceptors (Lipinski definition) is 6. The lowest BCUT2D eigenvalue weighted by Gasteiger charge is -2.38. The summed E-state index contributed by atoms with van der Waals surface area (Å²) >= 11 is 1.37. The SMILES string of the molecule is CCc1nc(-c2ncccn2)sc1C(=O)NCC1(c2ccc(OC)cc2)CCCCC1. The Balaban J connectivity index is 1.55. The number of hydrogen-bond donors (Lipinski definition) is 1. The van der Waals surface area contributed by atoms with Gasteiger partial charge in [-0.15, -0.1) is 11.3 Å². The van der Waals surface area contributed by atoms with Crippen LogP contribution in [0.25, 0.3) is 10.8 Å². The van der Waals surface area contributed by atoms with E-state index >= 15 is 0 Å². The third-order valence-electron chi connectivity index (χ3n) is 6.10. The number of benzene rings is 1. The maximum Gasteiger partial charge on any atom is 0.263 e. The summed E-state index contributed by atoms with van der Waals surface area (Å²) in [6.45, 7) is 2.64. The van der Waals surface area contributed by atoms with Crippen molar-refractivity contribution in [2.75, 3.05) is 13.7 Å². The number of carbonyl (C=O) groups is 1. The number of nitrogens with zero attached hydrogens (tertiary/aromatic N) is 3. The molecule has 31 heavy (non-hydrogen) atoms. The third kappa shape index (κ3) is 4.61. The molecule has 3 aromatic rings. The Kier molecular flexibility index (Phi) is 6.61. The second kappa shape index (κ2) is 9.56. The van der Waals surface area contributed by atoms with Gasteiger partial charge < -0.3 is 10.1 Å². The van der Waals surface area contributed by atoms with E-state index in [1.54, 1.807) is 25.6 Å². The van der Waals surface area contributed by atoms with Crippen LogP contribution in [0.3, 0.4) is 0 Å². The fourth-order valence-electron chi connectivity index (χ4n) is 4.34. The average Bonchev–Trinajstić information content (AvgIpc) is 3.28. The molecule has 1 aromatic carbocycles. The maximum absolute atomic E-state index is 13.2. The number of rotatable bonds is 7. The van der Waals surface area contributed by atoms with Gasteiger partial charge in [-0.3, -0.25) is 4.79 Å². The Morgan fingerprint density at radius 3 is 2.48 bits per heavy atom. The molecule has 0 aliphatic heterocycles. The Bertz CT molecular complexity index is 1010. The lowest BCUT2D eigenvalue weighted by atomic mass is 9.69. The number of methoxy groups -OCH3 is 1. The zero-order valence-corrected chi connectivity index (χ0v) is 18.9. The number of nitrogens with one attached hydrogen (secondary N) is 1. The minimum absolute atomic E-state index is 0.0391. The van der Waals surface area contributed by atoms with Gasteiger partial charge in [0.25, 0.3) is 5.91 Å². The smallest absolute Gasteiger partial charge is 0.263 e. The van der Waals surface area contributed by atoms with Gasteiger partial charge in [0.1, 0.15) is 10.6 Å². The first kappa shape index (κ1) is 21.4. The van der Waals surface area contributed by atoms with Crippen LogP contribution in [-0.2, 0) is 11.8 Å². The molecule has 1 aliphatic rings. The van der Waals surface area contributed by atoms with Gasteiger partial charge in [0.15, 0.2) is 10.8 Å². The molecule has 4 rings (SSSR count). The Labute approximate surface area is 187 Å². The van der Waals surface area contributed by atoms with Gasteiger partial charge in [0.2, 0.25) is 0 Å². The van der Waals surface area contributed by atoms with Crippen molar-refractivity contribution in [1.82, 2.24) is 20.3 Å². The number of aromatic nitrogens is 3. The third-order valence-corrected chi connectivity index (χ3v) is 7.19. The van der Waals surface area contributed by atoms with Crippen molar-refractivity contribution in [2.45, 2.75) is 50.9 Å². The summed E-state index contributed by atoms with van der Waals surface area (Å²) in [5, 5.41) is 3.92. The van der Waals surface area contributed by atoms with Gasteiger partial charge in [0.05, 0.1) is 12.8 Å². The second-order valence-electron chi connectivity index (χ2n) is 7.97. The van der Waals surface area contributed by atoms with E-state index in [9.17, 15) is 4.79 Å². The first-order chi connectivity index (χ1) is 15.1. The second-order valence-corrected chi connectivity index (χ2v) is 8.97. The number of amides is 1. The molecule has 1 aliphatic carbocycles. The highest BCUT2D eigenvalue weighted by molar-refractivity contribution is 7.17. The van der Waals surface area contributed by atoms with Crippen molar-refractivity contribution in [1.29, 1.82) is 0 Å². The van der Waals surface area contributed by atoms with Gasteiger partial charge in [0, 0.05) is 24.4 Å². The molecular weight excluding hydrogens is 408 g/mol. The molecule has 1 amide bonds. The molecule has 1 N–H and O–H groups in total. The molecule has 1 fully saturated rings. The molecule has 0 unspecified atom stereocenters. The van der Waals surface area contributed by atoms with E-state index in [0.29, 0.717) is 28.7 Å². The zero-order chi connectivity index (χ0) is 21.7. The number of thiazole rings is 1. The normalized spacial score (nSPS) is 15.4. The summed E-state index contributed by atoms with van der Waals surface area (Å²) in [5.41, 5.74) is 2.03. The molecular formula is C24H28N4O2S. The van der Waals surface area contributed by atoms with E-state index in [1.165, 1.54) is 36.2 Å². The van der Waals surface area contributed by atoms with Gasteiger partial charge in [-0.05, 0) is 43.0 Å². The maximum atomic E-state index is 13.2. The Morgan fingerprint density at radius 1 is 1.13 bits per heavy atom. The molecule has 2 heterocycles. The highest BCUT2D eigenvalue weighted by Gasteiger charge is 2.34. The van der Waals surface area contributed by atoms with Gasteiger partial charge in [-0.25, -0.2) is 15.0 Å². The van der Waals surface area contributed by atoms with E-state index in [2.05, 4.69) is 32.4 Å². The largest absolute Gasteiger partial charge is 0.497 e. The van der Waals surface area contributed by atoms with Crippen LogP contribution < -0.4 is 10.1 Å². The predicted molar refractivity (Wildman–Crippen MR) is 123 cm³/mol. The molecule has 0 saturated heterocycles. The van der Waals surface area contributed by atoms with E-state index in [4.69, 9.17) is 4.74 Å². The van der Waals surface area contributed by atoms with Crippen molar-refractivity contribution in [2.24, 2.45) is 0 Å². The molecule has 0 spiro atoms. The van der Waals surface area contributed by atoms with Crippen molar-refractivity contribution < 1.29 is 9.53 Å². The van der Waals surface area contributed by atoms with Crippen molar-refractivity contribution in [3.8, 4) is 16.6 Å². The molecule has 0 bridgehead atoms. The first-order valence-corrected chi connectivity index (χ1v) is 11.7. The summed E-state index contributed by atoms with van der Waals surface area (Å²) < 4.78 is 5.32. The molecule has 6 nitrogen and oxygen atoms in total. The Hall–Kier alpha value is -2.80. The topological polar surface area (TPSA) is 77.0 Å². The molecule has 0 atom stereocenters. The fraction of sp³-hybridized carbons (Fsp3) is 0.417. The lowest BCUT2D eigenvalue weighted by molar-refractivity contribution is 0.0939. The zero-order valence-electron chi connectivity index (χ0n) is 18.1. The van der Waals surface area contributed by atoms with E-state index in [-0.39, 0.29) is 11.3 Å². The van der Waals surface area contributed by atoms with Gasteiger partial charge in [-0.1, -0.05) is 38.3 Å². The van der Waals surface area contributed by atoms with Crippen molar-refractivity contribution >= 4 is 17.2 Å². The van der Waals surface area contributed by atoms with Crippen LogP contribution in [-0.4, -0.2) is 34.5 Å². The van der Waals surface area contributed by atoms with Crippen LogP contribution in [0.1, 0.15) is 60.0 Å². The summed E-state index contributed by atoms with van der Waals surface area (Å²) in [7, 11) is 1.68. The van der Waals surface area contributed by atoms with Crippen LogP contribution in [0.4, 0.5) is 0 Å². The lowest BCUT2D eigenvalue weighted by Crippen LogP contribution is -2.42. The number of ether oxygens (including phenoxy) is 1.